The van der Waals surface area contributed by atoms with E-state index in [1.54, 1.807) is 0 Å². The van der Waals surface area contributed by atoms with Gasteiger partial charge in [-0.1, -0.05) is 0 Å². The zero-order chi connectivity index (χ0) is 10.1. The Morgan fingerprint density at radius 1 is 1.62 bits per heavy atom. The Morgan fingerprint density at radius 3 is 2.62 bits per heavy atom. The number of hydrogen-bond donors (Lipinski definition) is 1. The molecule has 0 aromatic carbocycles. The van der Waals surface area contributed by atoms with Crippen molar-refractivity contribution in [3.8, 4) is 0 Å². The number of hydrogen-bond acceptors (Lipinski definition) is 4. The third kappa shape index (κ3) is 2.50. The molecule has 0 saturated carbocycles. The molecule has 1 aliphatic heterocycles. The molecule has 0 aromatic heterocycles. The molecule has 0 amide bonds. The summed E-state index contributed by atoms with van der Waals surface area (Å²) in [5.74, 6) is -0.559. The van der Waals surface area contributed by atoms with E-state index in [9.17, 15) is 18.0 Å². The minimum atomic E-state index is -4.31. The highest BCUT2D eigenvalue weighted by Gasteiger charge is 2.46. The molecule has 0 bridgehead atoms. The third-order valence-electron chi connectivity index (χ3n) is 1.57. The molecule has 1 rings (SSSR count). The molecular weight excluding hydrogens is 207 g/mol. The van der Waals surface area contributed by atoms with Gasteiger partial charge in [-0.25, -0.2) is 0 Å². The van der Waals surface area contributed by atoms with Crippen molar-refractivity contribution in [1.29, 1.82) is 0 Å². The normalized spacial score (nSPS) is 28.9. The molecule has 1 aliphatic rings. The number of carbonyl (C=O) groups is 1. The van der Waals surface area contributed by atoms with Gasteiger partial charge in [-0.3, -0.25) is 10.1 Å². The fourth-order valence-electron chi connectivity index (χ4n) is 0.939. The van der Waals surface area contributed by atoms with Gasteiger partial charge >= 0.3 is 12.1 Å². The Labute approximate surface area is 77.0 Å². The number of rotatable bonds is 1. The van der Waals surface area contributed by atoms with Gasteiger partial charge in [0.2, 0.25) is 0 Å². The van der Waals surface area contributed by atoms with Crippen molar-refractivity contribution < 1.29 is 22.7 Å². The fourth-order valence-corrected chi connectivity index (χ4v) is 2.01. The lowest BCUT2D eigenvalue weighted by Crippen LogP contribution is -2.43. The fraction of sp³-hybridized carbons (Fsp3) is 0.833. The Kier molecular flexibility index (Phi) is 3.07. The number of halogens is 3. The average molecular weight is 215 g/mol. The highest BCUT2D eigenvalue weighted by atomic mass is 32.2. The second-order valence-corrected chi connectivity index (χ2v) is 3.64. The van der Waals surface area contributed by atoms with E-state index in [2.05, 4.69) is 10.1 Å². The van der Waals surface area contributed by atoms with E-state index in [-0.39, 0.29) is 5.75 Å². The predicted octanol–water partition coefficient (Wildman–Crippen LogP) is 0.753. The van der Waals surface area contributed by atoms with Crippen LogP contribution in [0.1, 0.15) is 0 Å². The van der Waals surface area contributed by atoms with Gasteiger partial charge in [-0.2, -0.15) is 13.2 Å². The minimum absolute atomic E-state index is 0.0941. The lowest BCUT2D eigenvalue weighted by atomic mass is 10.3. The summed E-state index contributed by atoms with van der Waals surface area (Å²) in [4.78, 5) is 10.8. The smallest absolute Gasteiger partial charge is 0.413 e. The van der Waals surface area contributed by atoms with E-state index < -0.39 is 23.6 Å². The monoisotopic (exact) mass is 215 g/mol. The molecule has 3 nitrogen and oxygen atoms in total. The highest BCUT2D eigenvalue weighted by Crippen LogP contribution is 2.33. The first-order valence-electron chi connectivity index (χ1n) is 3.47. The van der Waals surface area contributed by atoms with Crippen LogP contribution in [0.25, 0.3) is 0 Å². The average Bonchev–Trinajstić information content (AvgIpc) is 2.50. The number of nitrogens with one attached hydrogen (secondary N) is 1. The number of thioether (sulfide) groups is 1. The van der Waals surface area contributed by atoms with Crippen molar-refractivity contribution in [2.45, 2.75) is 17.6 Å². The zero-order valence-electron chi connectivity index (χ0n) is 6.72. The number of ether oxygens (including phenoxy) is 1. The highest BCUT2D eigenvalue weighted by molar-refractivity contribution is 8.00. The summed E-state index contributed by atoms with van der Waals surface area (Å²) >= 11 is 0.664. The number of esters is 1. The lowest BCUT2D eigenvalue weighted by molar-refractivity contribution is -0.146. The maximum atomic E-state index is 12.1. The van der Waals surface area contributed by atoms with Gasteiger partial charge in [0.15, 0.2) is 5.37 Å². The van der Waals surface area contributed by atoms with E-state index in [4.69, 9.17) is 0 Å². The van der Waals surface area contributed by atoms with Crippen LogP contribution < -0.4 is 5.32 Å². The first-order chi connectivity index (χ1) is 5.95. The summed E-state index contributed by atoms with van der Waals surface area (Å²) in [6, 6.07) is -0.846. The molecule has 7 heteroatoms. The first-order valence-corrected chi connectivity index (χ1v) is 4.52. The van der Waals surface area contributed by atoms with E-state index >= 15 is 0 Å². The molecule has 1 unspecified atom stereocenters. The molecule has 13 heavy (non-hydrogen) atoms. The van der Waals surface area contributed by atoms with Crippen LogP contribution in [0, 0.1) is 0 Å². The van der Waals surface area contributed by atoms with E-state index in [0.717, 1.165) is 7.11 Å². The van der Waals surface area contributed by atoms with Gasteiger partial charge in [0.1, 0.15) is 6.04 Å². The van der Waals surface area contributed by atoms with Crippen LogP contribution in [-0.4, -0.2) is 36.4 Å². The van der Waals surface area contributed by atoms with E-state index in [1.807, 2.05) is 0 Å². The summed E-state index contributed by atoms with van der Waals surface area (Å²) < 4.78 is 40.5. The molecule has 0 spiro atoms. The van der Waals surface area contributed by atoms with Crippen LogP contribution in [-0.2, 0) is 9.53 Å². The second-order valence-electron chi connectivity index (χ2n) is 2.50. The molecule has 1 heterocycles. The predicted molar refractivity (Wildman–Crippen MR) is 41.2 cm³/mol. The van der Waals surface area contributed by atoms with E-state index in [1.165, 1.54) is 0 Å². The van der Waals surface area contributed by atoms with Gasteiger partial charge < -0.3 is 4.74 Å². The molecule has 1 fully saturated rings. The van der Waals surface area contributed by atoms with E-state index in [0.29, 0.717) is 11.8 Å². The topological polar surface area (TPSA) is 38.3 Å². The molecule has 0 aliphatic carbocycles. The van der Waals surface area contributed by atoms with Crippen molar-refractivity contribution in [1.82, 2.24) is 5.32 Å². The Hall–Kier alpha value is -0.430. The van der Waals surface area contributed by atoms with Crippen molar-refractivity contribution in [2.75, 3.05) is 12.9 Å². The van der Waals surface area contributed by atoms with Crippen LogP contribution in [0.4, 0.5) is 13.2 Å². The maximum Gasteiger partial charge on any atom is 0.413 e. The zero-order valence-corrected chi connectivity index (χ0v) is 7.54. The third-order valence-corrected chi connectivity index (χ3v) is 2.83. The van der Waals surface area contributed by atoms with Gasteiger partial charge in [0, 0.05) is 5.75 Å². The van der Waals surface area contributed by atoms with Gasteiger partial charge in [0.05, 0.1) is 7.11 Å². The van der Waals surface area contributed by atoms with Crippen molar-refractivity contribution in [2.24, 2.45) is 0 Å². The van der Waals surface area contributed by atoms with Gasteiger partial charge in [0.25, 0.3) is 0 Å². The molecule has 1 saturated heterocycles. The van der Waals surface area contributed by atoms with Crippen LogP contribution >= 0.6 is 11.8 Å². The summed E-state index contributed by atoms with van der Waals surface area (Å²) in [6.45, 7) is 0. The van der Waals surface area contributed by atoms with Crippen LogP contribution in [0.5, 0.6) is 0 Å². The van der Waals surface area contributed by atoms with Crippen molar-refractivity contribution in [3.05, 3.63) is 0 Å². The summed E-state index contributed by atoms with van der Waals surface area (Å²) in [5, 5.41) is 0.489. The van der Waals surface area contributed by atoms with Crippen molar-refractivity contribution >= 4 is 17.7 Å². The quantitative estimate of drug-likeness (QED) is 0.655. The minimum Gasteiger partial charge on any atom is -0.468 e. The number of methoxy groups -OCH3 is 1. The Balaban J connectivity index is 2.50. The molecule has 1 N–H and O–H groups in total. The summed E-state index contributed by atoms with van der Waals surface area (Å²) in [6.07, 6.45) is -4.31. The summed E-state index contributed by atoms with van der Waals surface area (Å²) in [7, 11) is 1.15. The Bertz CT molecular complexity index is 209. The molecular formula is C6H8F3NO2S. The summed E-state index contributed by atoms with van der Waals surface area (Å²) in [5.41, 5.74) is 0. The SMILES string of the molecule is COC(=O)[C@@H]1CSC(C(F)(F)F)N1. The second kappa shape index (κ2) is 3.75. The van der Waals surface area contributed by atoms with Crippen LogP contribution in [0.3, 0.4) is 0 Å². The van der Waals surface area contributed by atoms with Crippen LogP contribution in [0.15, 0.2) is 0 Å². The molecule has 2 atom stereocenters. The molecule has 0 radical (unpaired) electrons. The van der Waals surface area contributed by atoms with Crippen molar-refractivity contribution in [3.63, 3.8) is 0 Å². The van der Waals surface area contributed by atoms with Gasteiger partial charge in [-0.05, 0) is 0 Å². The van der Waals surface area contributed by atoms with Crippen LogP contribution in [0.2, 0.25) is 0 Å². The largest absolute Gasteiger partial charge is 0.468 e. The first kappa shape index (κ1) is 10.6. The standard InChI is InChI=1S/C6H8F3NO2S/c1-12-4(11)3-2-13-5(10-3)6(7,8)9/h3,5,10H,2H2,1H3/t3-,5?/m0/s1. The molecule has 0 aromatic rings. The van der Waals surface area contributed by atoms with Gasteiger partial charge in [-0.15, -0.1) is 11.8 Å². The number of alkyl halides is 3. The molecule has 76 valence electrons. The lowest BCUT2D eigenvalue weighted by Gasteiger charge is -2.14. The Morgan fingerprint density at radius 2 is 2.23 bits per heavy atom. The maximum absolute atomic E-state index is 12.1. The number of carbonyl (C=O) groups excluding carboxylic acids is 1.